The highest BCUT2D eigenvalue weighted by molar-refractivity contribution is 5.83. The number of hydrogen-bond acceptors (Lipinski definition) is 4. The maximum atomic E-state index is 12.1. The third-order valence-corrected chi connectivity index (χ3v) is 3.45. The number of methoxy groups -OCH3 is 1. The summed E-state index contributed by atoms with van der Waals surface area (Å²) >= 11 is 0. The van der Waals surface area contributed by atoms with E-state index in [1.807, 2.05) is 0 Å². The molecule has 1 fully saturated rings. The number of carbonyl (C=O) groups excluding carboxylic acids is 1. The lowest BCUT2D eigenvalue weighted by molar-refractivity contribution is -0.140. The van der Waals surface area contributed by atoms with E-state index in [0.29, 0.717) is 19.7 Å². The molecular formula is C13H22N2O6. The lowest BCUT2D eigenvalue weighted by Gasteiger charge is -2.33. The Morgan fingerprint density at radius 2 is 2.10 bits per heavy atom. The lowest BCUT2D eigenvalue weighted by atomic mass is 9.99. The number of likely N-dealkylation sites (tertiary alicyclic amines) is 1. The molecule has 2 amide bonds. The van der Waals surface area contributed by atoms with Gasteiger partial charge in [0.1, 0.15) is 6.04 Å². The van der Waals surface area contributed by atoms with Crippen LogP contribution in [0.2, 0.25) is 0 Å². The number of amides is 2. The zero-order valence-electron chi connectivity index (χ0n) is 12.1. The second-order valence-corrected chi connectivity index (χ2v) is 5.18. The topological polar surface area (TPSA) is 116 Å². The van der Waals surface area contributed by atoms with Gasteiger partial charge in [-0.2, -0.15) is 0 Å². The van der Waals surface area contributed by atoms with Crippen molar-refractivity contribution in [2.24, 2.45) is 5.92 Å². The van der Waals surface area contributed by atoms with E-state index in [9.17, 15) is 14.4 Å². The highest BCUT2D eigenvalue weighted by Crippen LogP contribution is 2.16. The normalized spacial score (nSPS) is 19.9. The van der Waals surface area contributed by atoms with Crippen LogP contribution in [0.25, 0.3) is 0 Å². The average Bonchev–Trinajstić information content (AvgIpc) is 2.43. The molecule has 2 atom stereocenters. The monoisotopic (exact) mass is 302 g/mol. The molecule has 1 unspecified atom stereocenters. The number of piperidine rings is 1. The zero-order chi connectivity index (χ0) is 15.8. The molecule has 0 saturated carbocycles. The fourth-order valence-electron chi connectivity index (χ4n) is 2.39. The summed E-state index contributed by atoms with van der Waals surface area (Å²) in [5.41, 5.74) is 0. The number of urea groups is 1. The maximum absolute atomic E-state index is 12.1. The molecule has 0 aliphatic carbocycles. The van der Waals surface area contributed by atoms with E-state index in [1.54, 1.807) is 12.0 Å². The molecule has 0 bridgehead atoms. The highest BCUT2D eigenvalue weighted by atomic mass is 16.5. The first-order chi connectivity index (χ1) is 9.93. The van der Waals surface area contributed by atoms with Crippen molar-refractivity contribution in [2.45, 2.75) is 31.7 Å². The van der Waals surface area contributed by atoms with Crippen LogP contribution < -0.4 is 5.32 Å². The Kier molecular flexibility index (Phi) is 6.93. The van der Waals surface area contributed by atoms with E-state index in [1.165, 1.54) is 0 Å². The molecule has 0 aromatic rings. The van der Waals surface area contributed by atoms with Gasteiger partial charge < -0.3 is 25.2 Å². The van der Waals surface area contributed by atoms with E-state index in [-0.39, 0.29) is 18.8 Å². The number of carboxylic acids is 2. The Morgan fingerprint density at radius 3 is 2.67 bits per heavy atom. The van der Waals surface area contributed by atoms with Gasteiger partial charge >= 0.3 is 18.0 Å². The first-order valence-electron chi connectivity index (χ1n) is 6.93. The maximum Gasteiger partial charge on any atom is 0.326 e. The van der Waals surface area contributed by atoms with Gasteiger partial charge in [-0.25, -0.2) is 9.59 Å². The van der Waals surface area contributed by atoms with E-state index < -0.39 is 24.0 Å². The molecule has 0 spiro atoms. The van der Waals surface area contributed by atoms with Gasteiger partial charge in [-0.15, -0.1) is 0 Å². The quantitative estimate of drug-likeness (QED) is 0.626. The first-order valence-corrected chi connectivity index (χ1v) is 6.93. The second kappa shape index (κ2) is 8.46. The molecule has 21 heavy (non-hydrogen) atoms. The average molecular weight is 302 g/mol. The number of ether oxygens (including phenoxy) is 1. The Labute approximate surface area is 123 Å². The molecule has 8 nitrogen and oxygen atoms in total. The predicted octanol–water partition coefficient (Wildman–Crippen LogP) is 0.372. The van der Waals surface area contributed by atoms with Gasteiger partial charge in [0.05, 0.1) is 6.61 Å². The fourth-order valence-corrected chi connectivity index (χ4v) is 2.39. The largest absolute Gasteiger partial charge is 0.481 e. The molecule has 8 heteroatoms. The third-order valence-electron chi connectivity index (χ3n) is 3.45. The number of carbonyl (C=O) groups is 3. The molecule has 0 radical (unpaired) electrons. The number of carboxylic acid groups (broad SMARTS) is 2. The lowest BCUT2D eigenvalue weighted by Crippen LogP contribution is -2.51. The number of hydrogen-bond donors (Lipinski definition) is 3. The number of nitrogens with zero attached hydrogens (tertiary/aromatic N) is 1. The van der Waals surface area contributed by atoms with E-state index in [4.69, 9.17) is 14.9 Å². The van der Waals surface area contributed by atoms with Crippen molar-refractivity contribution in [2.75, 3.05) is 26.8 Å². The smallest absolute Gasteiger partial charge is 0.326 e. The molecule has 0 aromatic carbocycles. The number of rotatable bonds is 7. The Hall–Kier alpha value is -1.83. The molecule has 1 heterocycles. The van der Waals surface area contributed by atoms with Crippen molar-refractivity contribution >= 4 is 18.0 Å². The van der Waals surface area contributed by atoms with Crippen LogP contribution in [0.3, 0.4) is 0 Å². The van der Waals surface area contributed by atoms with E-state index in [0.717, 1.165) is 12.8 Å². The molecule has 120 valence electrons. The highest BCUT2D eigenvalue weighted by Gasteiger charge is 2.27. The summed E-state index contributed by atoms with van der Waals surface area (Å²) < 4.78 is 5.08. The van der Waals surface area contributed by atoms with Crippen LogP contribution in [0.15, 0.2) is 0 Å². The van der Waals surface area contributed by atoms with Crippen molar-refractivity contribution in [3.63, 3.8) is 0 Å². The minimum Gasteiger partial charge on any atom is -0.481 e. The summed E-state index contributed by atoms with van der Waals surface area (Å²) in [4.78, 5) is 35.2. The fraction of sp³-hybridized carbons (Fsp3) is 0.769. The van der Waals surface area contributed by atoms with Gasteiger partial charge in [-0.3, -0.25) is 4.79 Å². The number of aliphatic carboxylic acids is 2. The zero-order valence-corrected chi connectivity index (χ0v) is 12.1. The SMILES string of the molecule is COCC1CCCN(C(=O)N[C@@H](CCC(=O)O)C(=O)O)C1. The van der Waals surface area contributed by atoms with Crippen LogP contribution >= 0.6 is 0 Å². The first kappa shape index (κ1) is 17.2. The molecule has 1 aliphatic rings. The minimum atomic E-state index is -1.23. The second-order valence-electron chi connectivity index (χ2n) is 5.18. The summed E-state index contributed by atoms with van der Waals surface area (Å²) in [7, 11) is 1.60. The van der Waals surface area contributed by atoms with Crippen molar-refractivity contribution in [3.05, 3.63) is 0 Å². The van der Waals surface area contributed by atoms with Crippen molar-refractivity contribution in [3.8, 4) is 0 Å². The van der Waals surface area contributed by atoms with Gasteiger partial charge in [-0.05, 0) is 19.3 Å². The molecule has 1 rings (SSSR count). The van der Waals surface area contributed by atoms with Crippen LogP contribution in [0.5, 0.6) is 0 Å². The predicted molar refractivity (Wildman–Crippen MR) is 73.0 cm³/mol. The summed E-state index contributed by atoms with van der Waals surface area (Å²) in [6.45, 7) is 1.65. The van der Waals surface area contributed by atoms with Gasteiger partial charge in [0, 0.05) is 32.5 Å². The number of nitrogens with one attached hydrogen (secondary N) is 1. The summed E-state index contributed by atoms with van der Waals surface area (Å²) in [6.07, 6.45) is 1.38. The Bertz CT molecular complexity index is 385. The van der Waals surface area contributed by atoms with E-state index in [2.05, 4.69) is 5.32 Å². The molecular weight excluding hydrogens is 280 g/mol. The van der Waals surface area contributed by atoms with Gasteiger partial charge in [0.2, 0.25) is 0 Å². The van der Waals surface area contributed by atoms with E-state index >= 15 is 0 Å². The Balaban J connectivity index is 2.52. The van der Waals surface area contributed by atoms with Crippen LogP contribution in [-0.4, -0.2) is 65.9 Å². The van der Waals surface area contributed by atoms with Crippen molar-refractivity contribution in [1.29, 1.82) is 0 Å². The summed E-state index contributed by atoms with van der Waals surface area (Å²) in [5, 5.41) is 20.0. The van der Waals surface area contributed by atoms with Crippen LogP contribution in [0, 0.1) is 5.92 Å². The summed E-state index contributed by atoms with van der Waals surface area (Å²) in [5.74, 6) is -2.07. The van der Waals surface area contributed by atoms with Gasteiger partial charge in [0.25, 0.3) is 0 Å². The molecule has 3 N–H and O–H groups in total. The minimum absolute atomic E-state index is 0.133. The van der Waals surface area contributed by atoms with Crippen LogP contribution in [-0.2, 0) is 14.3 Å². The van der Waals surface area contributed by atoms with Crippen LogP contribution in [0.4, 0.5) is 4.79 Å². The van der Waals surface area contributed by atoms with Crippen molar-refractivity contribution in [1.82, 2.24) is 10.2 Å². The van der Waals surface area contributed by atoms with Gasteiger partial charge in [-0.1, -0.05) is 0 Å². The molecule has 0 aromatic heterocycles. The van der Waals surface area contributed by atoms with Crippen LogP contribution in [0.1, 0.15) is 25.7 Å². The standard InChI is InChI=1S/C13H22N2O6/c1-21-8-9-3-2-6-15(7-9)13(20)14-10(12(18)19)4-5-11(16)17/h9-10H,2-8H2,1H3,(H,14,20)(H,16,17)(H,18,19)/t9?,10-/m0/s1. The molecule has 1 saturated heterocycles. The Morgan fingerprint density at radius 1 is 1.38 bits per heavy atom. The third kappa shape index (κ3) is 5.99. The summed E-state index contributed by atoms with van der Waals surface area (Å²) in [6, 6.07) is -1.65. The molecule has 1 aliphatic heterocycles. The van der Waals surface area contributed by atoms with Gasteiger partial charge in [0.15, 0.2) is 0 Å². The van der Waals surface area contributed by atoms with Crippen molar-refractivity contribution < 1.29 is 29.3 Å².